The molecule has 2 aromatic carbocycles. The molecule has 0 bridgehead atoms. The van der Waals surface area contributed by atoms with Gasteiger partial charge >= 0.3 is 16.5 Å². The van der Waals surface area contributed by atoms with E-state index >= 15 is 0 Å². The van der Waals surface area contributed by atoms with E-state index < -0.39 is 0 Å². The second-order valence-corrected chi connectivity index (χ2v) is 18.3. The molecule has 182 valence electrons. The summed E-state index contributed by atoms with van der Waals surface area (Å²) >= 11 is 5.36. The van der Waals surface area contributed by atoms with E-state index in [0.717, 1.165) is 38.7 Å². The van der Waals surface area contributed by atoms with Crippen molar-refractivity contribution >= 4 is 28.5 Å². The Morgan fingerprint density at radius 3 is 1.53 bits per heavy atom. The summed E-state index contributed by atoms with van der Waals surface area (Å²) in [7, 11) is -0.229. The van der Waals surface area contributed by atoms with Gasteiger partial charge in [-0.3, -0.25) is 0 Å². The maximum atomic E-state index is 5.36. The number of benzene rings is 2. The Morgan fingerprint density at radius 1 is 0.719 bits per heavy atom. The summed E-state index contributed by atoms with van der Waals surface area (Å²) in [6, 6.07) is 15.4. The van der Waals surface area contributed by atoms with Gasteiger partial charge in [-0.05, 0) is 62.3 Å². The molecule has 0 nitrogen and oxygen atoms in total. The topological polar surface area (TPSA) is 0 Å². The van der Waals surface area contributed by atoms with Gasteiger partial charge in [0.25, 0.3) is 0 Å². The third-order valence-electron chi connectivity index (χ3n) is 6.22. The molecule has 0 aromatic heterocycles. The van der Waals surface area contributed by atoms with Gasteiger partial charge in [-0.25, -0.2) is 4.90 Å². The van der Waals surface area contributed by atoms with Crippen LogP contribution in [0.3, 0.4) is 0 Å². The summed E-state index contributed by atoms with van der Waals surface area (Å²) in [4.78, 5) is 0.903. The first-order chi connectivity index (χ1) is 14.5. The van der Waals surface area contributed by atoms with Crippen LogP contribution < -0.4 is 0 Å². The van der Waals surface area contributed by atoms with Crippen molar-refractivity contribution in [2.75, 3.05) is 12.3 Å². The summed E-state index contributed by atoms with van der Waals surface area (Å²) in [6.07, 6.45) is 3.12. The Balaban J connectivity index is 0.000000582. The van der Waals surface area contributed by atoms with E-state index in [1.165, 1.54) is 11.1 Å². The SMILES string of the molecule is CC(C)[PH+](CC[PH+](C(C)C)C(C)C)C(C)C.Cc1ccc[c-]c1-c1c(C)cccc1[S-].[Ni+2]. The molecule has 0 fully saturated rings. The molecule has 32 heavy (non-hydrogen) atoms. The van der Waals surface area contributed by atoms with E-state index in [2.05, 4.69) is 87.4 Å². The molecular formula is C28H46NiP2S+2. The molecule has 0 unspecified atom stereocenters. The van der Waals surface area contributed by atoms with Crippen LogP contribution in [0.25, 0.3) is 11.1 Å². The quantitative estimate of drug-likeness (QED) is 0.141. The van der Waals surface area contributed by atoms with Crippen LogP contribution in [-0.2, 0) is 29.1 Å². The van der Waals surface area contributed by atoms with Crippen molar-refractivity contribution in [2.24, 2.45) is 0 Å². The molecule has 0 amide bonds. The van der Waals surface area contributed by atoms with Crippen LogP contribution in [0.1, 0.15) is 66.5 Å². The first-order valence-corrected chi connectivity index (χ1v) is 16.1. The van der Waals surface area contributed by atoms with Gasteiger partial charge in [0.05, 0.1) is 35.0 Å². The van der Waals surface area contributed by atoms with Crippen LogP contribution in [0.15, 0.2) is 41.3 Å². The maximum absolute atomic E-state index is 5.36. The first-order valence-electron chi connectivity index (χ1n) is 11.9. The molecule has 0 aliphatic carbocycles. The Bertz CT molecular complexity index is 731. The van der Waals surface area contributed by atoms with Gasteiger partial charge in [0, 0.05) is 15.8 Å². The molecule has 0 saturated heterocycles. The van der Waals surface area contributed by atoms with Gasteiger partial charge in [-0.1, -0.05) is 30.7 Å². The van der Waals surface area contributed by atoms with E-state index in [-0.39, 0.29) is 32.3 Å². The van der Waals surface area contributed by atoms with Crippen LogP contribution >= 0.6 is 15.8 Å². The van der Waals surface area contributed by atoms with E-state index in [9.17, 15) is 0 Å². The average molecular weight is 535 g/mol. The average Bonchev–Trinajstić information content (AvgIpc) is 2.65. The van der Waals surface area contributed by atoms with Crippen LogP contribution in [-0.4, -0.2) is 35.0 Å². The Morgan fingerprint density at radius 2 is 1.16 bits per heavy atom. The molecule has 0 aliphatic heterocycles. The van der Waals surface area contributed by atoms with E-state index in [4.69, 9.17) is 12.6 Å². The van der Waals surface area contributed by atoms with Crippen molar-refractivity contribution in [3.63, 3.8) is 0 Å². The number of hydrogen-bond donors (Lipinski definition) is 0. The Kier molecular flexibility index (Phi) is 15.8. The van der Waals surface area contributed by atoms with Crippen molar-refractivity contribution in [3.8, 4) is 11.1 Å². The van der Waals surface area contributed by atoms with Crippen LogP contribution in [0, 0.1) is 19.9 Å². The number of rotatable bonds is 8. The predicted molar refractivity (Wildman–Crippen MR) is 153 cm³/mol. The van der Waals surface area contributed by atoms with Crippen molar-refractivity contribution in [1.82, 2.24) is 0 Å². The summed E-state index contributed by atoms with van der Waals surface area (Å²) in [5.74, 6) is 0. The zero-order valence-corrected chi connectivity index (χ0v) is 25.7. The zero-order chi connectivity index (χ0) is 23.7. The van der Waals surface area contributed by atoms with E-state index in [0.29, 0.717) is 0 Å². The minimum atomic E-state index is -0.114. The number of aryl methyl sites for hydroxylation is 2. The maximum Gasteiger partial charge on any atom is 2.00 e. The minimum Gasteiger partial charge on any atom is -0.789 e. The molecule has 2 aromatic rings. The molecular weight excluding hydrogens is 489 g/mol. The molecule has 0 spiro atoms. The minimum absolute atomic E-state index is 0. The molecule has 0 aliphatic rings. The van der Waals surface area contributed by atoms with Gasteiger partial charge in [-0.2, -0.15) is 0 Å². The largest absolute Gasteiger partial charge is 2.00 e. The first kappa shape index (κ1) is 32.0. The zero-order valence-electron chi connectivity index (χ0n) is 21.9. The molecule has 2 rings (SSSR count). The second-order valence-electron chi connectivity index (χ2n) is 9.94. The summed E-state index contributed by atoms with van der Waals surface area (Å²) in [6.45, 7) is 23.7. The fourth-order valence-electron chi connectivity index (χ4n) is 4.53. The Hall–Kier alpha value is 0.0135. The molecule has 0 heterocycles. The monoisotopic (exact) mass is 534 g/mol. The van der Waals surface area contributed by atoms with Gasteiger partial charge in [0.15, 0.2) is 0 Å². The second kappa shape index (κ2) is 15.8. The normalized spacial score (nSPS) is 11.4. The van der Waals surface area contributed by atoms with Crippen molar-refractivity contribution < 1.29 is 16.5 Å². The summed E-state index contributed by atoms with van der Waals surface area (Å²) < 4.78 is 0. The van der Waals surface area contributed by atoms with Gasteiger partial charge in [0.2, 0.25) is 0 Å². The van der Waals surface area contributed by atoms with Crippen molar-refractivity contribution in [3.05, 3.63) is 53.6 Å². The molecule has 4 heteroatoms. The smallest absolute Gasteiger partial charge is 0.789 e. The summed E-state index contributed by atoms with van der Waals surface area (Å²) in [5, 5.41) is 0. The molecule has 0 radical (unpaired) electrons. The molecule has 0 N–H and O–H groups in total. The van der Waals surface area contributed by atoms with Gasteiger partial charge in [0.1, 0.15) is 0 Å². The molecule has 0 atom stereocenters. The standard InChI is InChI=1S/C14H32P2.C14H13S.Ni/c1-11(2)15(12(3)4)9-10-16(13(5)6)14(7)8;1-10-6-3-4-8-12(10)14-11(2)7-5-9-13(14)15;/h11-14H,9-10H2,1-8H3;3-7,9,15H,1-2H3;/q;-1;+2/p+1. The third-order valence-corrected chi connectivity index (χ3v) is 14.6. The predicted octanol–water partition coefficient (Wildman–Crippen LogP) is 8.72. The van der Waals surface area contributed by atoms with Crippen molar-refractivity contribution in [2.45, 2.75) is 96.8 Å². The Labute approximate surface area is 218 Å². The van der Waals surface area contributed by atoms with Crippen LogP contribution in [0.5, 0.6) is 0 Å². The van der Waals surface area contributed by atoms with Crippen LogP contribution in [0.2, 0.25) is 0 Å². The fourth-order valence-corrected chi connectivity index (χ4v) is 12.2. The molecule has 0 saturated carbocycles. The number of hydrogen-bond acceptors (Lipinski definition) is 1. The van der Waals surface area contributed by atoms with Gasteiger partial charge in [-0.15, -0.1) is 41.0 Å². The fraction of sp³-hybridized carbons (Fsp3) is 0.571. The van der Waals surface area contributed by atoms with Gasteiger partial charge < -0.3 is 12.6 Å². The third kappa shape index (κ3) is 10.1. The van der Waals surface area contributed by atoms with E-state index in [1.54, 1.807) is 12.3 Å². The van der Waals surface area contributed by atoms with Crippen LogP contribution in [0.4, 0.5) is 0 Å². The van der Waals surface area contributed by atoms with E-state index in [1.807, 2.05) is 24.3 Å². The van der Waals surface area contributed by atoms with Crippen molar-refractivity contribution in [1.29, 1.82) is 0 Å². The summed E-state index contributed by atoms with van der Waals surface area (Å²) in [5.41, 5.74) is 8.51.